The van der Waals surface area contributed by atoms with E-state index in [1.165, 1.54) is 12.1 Å². The lowest BCUT2D eigenvalue weighted by Crippen LogP contribution is -2.29. The fourth-order valence-corrected chi connectivity index (χ4v) is 1.73. The van der Waals surface area contributed by atoms with Gasteiger partial charge < -0.3 is 5.11 Å². The minimum atomic E-state index is -0.828. The molecule has 0 aliphatic heterocycles. The van der Waals surface area contributed by atoms with Crippen molar-refractivity contribution in [2.45, 2.75) is 38.7 Å². The maximum atomic E-state index is 13.4. The Morgan fingerprint density at radius 2 is 1.93 bits per heavy atom. The highest BCUT2D eigenvalue weighted by atomic mass is 35.5. The van der Waals surface area contributed by atoms with E-state index in [-0.39, 0.29) is 5.82 Å². The van der Waals surface area contributed by atoms with Gasteiger partial charge in [-0.3, -0.25) is 0 Å². The molecule has 0 amide bonds. The Balaban J connectivity index is 2.92. The van der Waals surface area contributed by atoms with Crippen molar-refractivity contribution in [2.75, 3.05) is 0 Å². The third-order valence-corrected chi connectivity index (χ3v) is 3.08. The van der Waals surface area contributed by atoms with Gasteiger partial charge in [-0.2, -0.15) is 0 Å². The lowest BCUT2D eigenvalue weighted by atomic mass is 9.89. The second kappa shape index (κ2) is 4.95. The Labute approximate surface area is 94.9 Å². The minimum absolute atomic E-state index is 0.306. The summed E-state index contributed by atoms with van der Waals surface area (Å²) in [5.41, 5.74) is -0.348. The van der Waals surface area contributed by atoms with Crippen LogP contribution in [0.25, 0.3) is 0 Å². The molecule has 1 nitrogen and oxygen atoms in total. The normalized spacial score (nSPS) is 11.8. The largest absolute Gasteiger partial charge is 0.390 e. The van der Waals surface area contributed by atoms with Gasteiger partial charge >= 0.3 is 0 Å². The van der Waals surface area contributed by atoms with Gasteiger partial charge in [0.1, 0.15) is 5.82 Å². The molecule has 1 rings (SSSR count). The number of benzene rings is 1. The van der Waals surface area contributed by atoms with E-state index < -0.39 is 5.60 Å². The maximum Gasteiger partial charge on any atom is 0.126 e. The molecule has 0 aliphatic carbocycles. The highest BCUT2D eigenvalue weighted by Gasteiger charge is 2.24. The Hall–Kier alpha value is -0.600. The molecule has 0 atom stereocenters. The van der Waals surface area contributed by atoms with Crippen LogP contribution in [0.2, 0.25) is 5.02 Å². The molecule has 1 aromatic carbocycles. The van der Waals surface area contributed by atoms with Crippen LogP contribution in [0.15, 0.2) is 18.2 Å². The van der Waals surface area contributed by atoms with Crippen molar-refractivity contribution < 1.29 is 9.50 Å². The highest BCUT2D eigenvalue weighted by Crippen LogP contribution is 2.24. The van der Waals surface area contributed by atoms with Crippen molar-refractivity contribution in [3.63, 3.8) is 0 Å². The van der Waals surface area contributed by atoms with E-state index in [4.69, 9.17) is 11.6 Å². The fraction of sp³-hybridized carbons (Fsp3) is 0.500. The molecule has 0 spiro atoms. The molecule has 0 aromatic heterocycles. The van der Waals surface area contributed by atoms with Crippen LogP contribution in [0.1, 0.15) is 32.3 Å². The number of rotatable bonds is 4. The molecule has 0 fully saturated rings. The average molecular weight is 231 g/mol. The Kier molecular flexibility index (Phi) is 4.12. The number of aliphatic hydroxyl groups is 1. The van der Waals surface area contributed by atoms with Gasteiger partial charge in [-0.15, -0.1) is 0 Å². The third kappa shape index (κ3) is 3.18. The maximum absolute atomic E-state index is 13.4. The molecule has 0 heterocycles. The SMILES string of the molecule is CCC(O)(CC)Cc1cc(Cl)ccc1F. The number of hydrogen-bond donors (Lipinski definition) is 1. The zero-order valence-corrected chi connectivity index (χ0v) is 9.81. The van der Waals surface area contributed by atoms with E-state index in [0.717, 1.165) is 0 Å². The Morgan fingerprint density at radius 1 is 1.33 bits per heavy atom. The zero-order chi connectivity index (χ0) is 11.5. The molecule has 1 aromatic rings. The topological polar surface area (TPSA) is 20.2 Å². The van der Waals surface area contributed by atoms with E-state index in [9.17, 15) is 9.50 Å². The summed E-state index contributed by atoms with van der Waals surface area (Å²) in [5.74, 6) is -0.306. The number of hydrogen-bond acceptors (Lipinski definition) is 1. The highest BCUT2D eigenvalue weighted by molar-refractivity contribution is 6.30. The first-order chi connectivity index (χ1) is 7.00. The molecule has 0 saturated heterocycles. The van der Waals surface area contributed by atoms with Crippen molar-refractivity contribution >= 4 is 11.6 Å². The molecule has 15 heavy (non-hydrogen) atoms. The van der Waals surface area contributed by atoms with Crippen LogP contribution < -0.4 is 0 Å². The van der Waals surface area contributed by atoms with Crippen molar-refractivity contribution in [3.8, 4) is 0 Å². The van der Waals surface area contributed by atoms with Crippen molar-refractivity contribution in [1.82, 2.24) is 0 Å². The van der Waals surface area contributed by atoms with Crippen LogP contribution >= 0.6 is 11.6 Å². The first-order valence-corrected chi connectivity index (χ1v) is 5.55. The molecular weight excluding hydrogens is 215 g/mol. The summed E-state index contributed by atoms with van der Waals surface area (Å²) in [6.07, 6.45) is 1.53. The molecule has 0 bridgehead atoms. The second-order valence-corrected chi connectivity index (χ2v) is 4.28. The quantitative estimate of drug-likeness (QED) is 0.839. The molecule has 3 heteroatoms. The summed E-state index contributed by atoms with van der Waals surface area (Å²) in [4.78, 5) is 0. The summed E-state index contributed by atoms with van der Waals surface area (Å²) < 4.78 is 13.4. The predicted octanol–water partition coefficient (Wildman–Crippen LogP) is 3.57. The molecule has 0 unspecified atom stereocenters. The summed E-state index contributed by atoms with van der Waals surface area (Å²) in [6.45, 7) is 3.79. The van der Waals surface area contributed by atoms with E-state index in [1.54, 1.807) is 6.07 Å². The van der Waals surface area contributed by atoms with Gasteiger partial charge in [0.2, 0.25) is 0 Å². The average Bonchev–Trinajstić information content (AvgIpc) is 2.23. The number of halogens is 2. The van der Waals surface area contributed by atoms with Crippen LogP contribution in [0, 0.1) is 5.82 Å². The van der Waals surface area contributed by atoms with Crippen molar-refractivity contribution in [3.05, 3.63) is 34.6 Å². The van der Waals surface area contributed by atoms with Gasteiger partial charge in [-0.05, 0) is 36.6 Å². The van der Waals surface area contributed by atoms with E-state index >= 15 is 0 Å². The Morgan fingerprint density at radius 3 is 2.47 bits per heavy atom. The van der Waals surface area contributed by atoms with Gasteiger partial charge in [0.15, 0.2) is 0 Å². The monoisotopic (exact) mass is 230 g/mol. The van der Waals surface area contributed by atoms with Crippen LogP contribution in [-0.4, -0.2) is 10.7 Å². The first kappa shape index (κ1) is 12.5. The zero-order valence-electron chi connectivity index (χ0n) is 9.06. The van der Waals surface area contributed by atoms with Crippen LogP contribution in [0.4, 0.5) is 4.39 Å². The first-order valence-electron chi connectivity index (χ1n) is 5.17. The van der Waals surface area contributed by atoms with E-state index in [1.807, 2.05) is 13.8 Å². The van der Waals surface area contributed by atoms with Gasteiger partial charge in [0.05, 0.1) is 5.60 Å². The van der Waals surface area contributed by atoms with Crippen LogP contribution in [0.5, 0.6) is 0 Å². The lowest BCUT2D eigenvalue weighted by Gasteiger charge is -2.25. The van der Waals surface area contributed by atoms with E-state index in [2.05, 4.69) is 0 Å². The van der Waals surface area contributed by atoms with Gasteiger partial charge in [0, 0.05) is 11.4 Å². The van der Waals surface area contributed by atoms with Gasteiger partial charge in [-0.25, -0.2) is 4.39 Å². The fourth-order valence-electron chi connectivity index (χ4n) is 1.53. The molecular formula is C12H16ClFO. The minimum Gasteiger partial charge on any atom is -0.390 e. The van der Waals surface area contributed by atoms with Crippen LogP contribution in [0.3, 0.4) is 0 Å². The predicted molar refractivity (Wildman–Crippen MR) is 60.6 cm³/mol. The van der Waals surface area contributed by atoms with Gasteiger partial charge in [0.25, 0.3) is 0 Å². The summed E-state index contributed by atoms with van der Waals surface area (Å²) in [7, 11) is 0. The Bertz CT molecular complexity index is 334. The molecule has 1 N–H and O–H groups in total. The third-order valence-electron chi connectivity index (χ3n) is 2.84. The van der Waals surface area contributed by atoms with E-state index in [0.29, 0.717) is 29.8 Å². The second-order valence-electron chi connectivity index (χ2n) is 3.84. The molecule has 0 aliphatic rings. The van der Waals surface area contributed by atoms with Crippen molar-refractivity contribution in [1.29, 1.82) is 0 Å². The molecule has 0 saturated carbocycles. The summed E-state index contributed by atoms with van der Waals surface area (Å²) in [6, 6.07) is 4.42. The standard InChI is InChI=1S/C12H16ClFO/c1-3-12(15,4-2)8-9-7-10(13)5-6-11(9)14/h5-7,15H,3-4,8H2,1-2H3. The smallest absolute Gasteiger partial charge is 0.126 e. The van der Waals surface area contributed by atoms with Crippen LogP contribution in [-0.2, 0) is 6.42 Å². The summed E-state index contributed by atoms with van der Waals surface area (Å²) >= 11 is 5.78. The lowest BCUT2D eigenvalue weighted by molar-refractivity contribution is 0.0318. The molecule has 84 valence electrons. The van der Waals surface area contributed by atoms with Gasteiger partial charge in [-0.1, -0.05) is 25.4 Å². The molecule has 0 radical (unpaired) electrons. The summed E-state index contributed by atoms with van der Waals surface area (Å²) in [5, 5.41) is 10.6. The van der Waals surface area contributed by atoms with Crippen molar-refractivity contribution in [2.24, 2.45) is 0 Å².